The summed E-state index contributed by atoms with van der Waals surface area (Å²) in [7, 11) is 0. The molecule has 0 aliphatic carbocycles. The molecule has 0 aliphatic heterocycles. The van der Waals surface area contributed by atoms with Gasteiger partial charge in [-0.05, 0) is 29.5 Å². The third-order valence-corrected chi connectivity index (χ3v) is 3.04. The molecule has 2 nitrogen and oxygen atoms in total. The zero-order chi connectivity index (χ0) is 13.6. The summed E-state index contributed by atoms with van der Waals surface area (Å²) in [5.74, 6) is 0.118. The summed E-state index contributed by atoms with van der Waals surface area (Å²) in [4.78, 5) is 11.7. The Balaban J connectivity index is 2.51. The second kappa shape index (κ2) is 6.58. The zero-order valence-corrected chi connectivity index (χ0v) is 12.0. The minimum atomic E-state index is 0.118. The van der Waals surface area contributed by atoms with Gasteiger partial charge in [0.2, 0.25) is 5.91 Å². The van der Waals surface area contributed by atoms with E-state index < -0.39 is 0 Å². The third-order valence-electron chi connectivity index (χ3n) is 3.04. The molecule has 0 atom stereocenters. The van der Waals surface area contributed by atoms with E-state index in [4.69, 9.17) is 0 Å². The van der Waals surface area contributed by atoms with E-state index in [1.807, 2.05) is 12.1 Å². The van der Waals surface area contributed by atoms with Crippen molar-refractivity contribution in [1.29, 1.82) is 0 Å². The minimum absolute atomic E-state index is 0.118. The molecule has 18 heavy (non-hydrogen) atoms. The van der Waals surface area contributed by atoms with Crippen LogP contribution in [0.1, 0.15) is 58.9 Å². The second-order valence-electron chi connectivity index (χ2n) is 5.83. The van der Waals surface area contributed by atoms with Gasteiger partial charge in [0, 0.05) is 12.1 Å². The molecule has 0 radical (unpaired) electrons. The first kappa shape index (κ1) is 14.7. The second-order valence-corrected chi connectivity index (χ2v) is 5.83. The van der Waals surface area contributed by atoms with Crippen molar-refractivity contribution in [1.82, 2.24) is 0 Å². The van der Waals surface area contributed by atoms with Crippen molar-refractivity contribution in [3.63, 3.8) is 0 Å². The van der Waals surface area contributed by atoms with E-state index in [1.54, 1.807) is 0 Å². The highest BCUT2D eigenvalue weighted by atomic mass is 16.1. The van der Waals surface area contributed by atoms with E-state index in [2.05, 4.69) is 45.1 Å². The largest absolute Gasteiger partial charge is 0.326 e. The standard InChI is InChI=1S/C16H25NO/c1-5-6-7-8-15(18)17-14-11-9-13(10-12-14)16(2,3)4/h9-12H,5-8H2,1-4H3,(H,17,18). The summed E-state index contributed by atoms with van der Waals surface area (Å²) in [6.45, 7) is 8.70. The lowest BCUT2D eigenvalue weighted by atomic mass is 9.87. The van der Waals surface area contributed by atoms with E-state index in [1.165, 1.54) is 5.56 Å². The van der Waals surface area contributed by atoms with Crippen LogP contribution in [0.25, 0.3) is 0 Å². The predicted octanol–water partition coefficient (Wildman–Crippen LogP) is 4.50. The van der Waals surface area contributed by atoms with Crippen LogP contribution in [0.5, 0.6) is 0 Å². The smallest absolute Gasteiger partial charge is 0.224 e. The minimum Gasteiger partial charge on any atom is -0.326 e. The van der Waals surface area contributed by atoms with Crippen LogP contribution >= 0.6 is 0 Å². The monoisotopic (exact) mass is 247 g/mol. The number of carbonyl (C=O) groups excluding carboxylic acids is 1. The van der Waals surface area contributed by atoms with Gasteiger partial charge in [0.05, 0.1) is 0 Å². The first-order valence-electron chi connectivity index (χ1n) is 6.84. The summed E-state index contributed by atoms with van der Waals surface area (Å²) in [6.07, 6.45) is 3.86. The van der Waals surface area contributed by atoms with Crippen LogP contribution in [0.2, 0.25) is 0 Å². The van der Waals surface area contributed by atoms with E-state index in [-0.39, 0.29) is 11.3 Å². The fraction of sp³-hybridized carbons (Fsp3) is 0.562. The molecular weight excluding hydrogens is 222 g/mol. The Kier molecular flexibility index (Phi) is 5.39. The topological polar surface area (TPSA) is 29.1 Å². The van der Waals surface area contributed by atoms with Gasteiger partial charge in [-0.2, -0.15) is 0 Å². The fourth-order valence-electron chi connectivity index (χ4n) is 1.81. The van der Waals surface area contributed by atoms with E-state index >= 15 is 0 Å². The summed E-state index contributed by atoms with van der Waals surface area (Å²) in [5.41, 5.74) is 2.33. The molecule has 1 aromatic carbocycles. The maximum Gasteiger partial charge on any atom is 0.224 e. The highest BCUT2D eigenvalue weighted by Gasteiger charge is 2.13. The van der Waals surface area contributed by atoms with Gasteiger partial charge in [0.25, 0.3) is 0 Å². The lowest BCUT2D eigenvalue weighted by Gasteiger charge is -2.19. The summed E-state index contributed by atoms with van der Waals surface area (Å²) < 4.78 is 0. The van der Waals surface area contributed by atoms with Crippen LogP contribution in [0, 0.1) is 0 Å². The van der Waals surface area contributed by atoms with Crippen molar-refractivity contribution in [3.05, 3.63) is 29.8 Å². The maximum atomic E-state index is 11.7. The van der Waals surface area contributed by atoms with Crippen molar-refractivity contribution in [3.8, 4) is 0 Å². The molecule has 1 amide bonds. The van der Waals surface area contributed by atoms with Gasteiger partial charge in [-0.25, -0.2) is 0 Å². The number of hydrogen-bond donors (Lipinski definition) is 1. The molecule has 0 unspecified atom stereocenters. The van der Waals surface area contributed by atoms with Gasteiger partial charge >= 0.3 is 0 Å². The summed E-state index contributed by atoms with van der Waals surface area (Å²) >= 11 is 0. The average Bonchev–Trinajstić information content (AvgIpc) is 2.29. The number of nitrogens with one attached hydrogen (secondary N) is 1. The van der Waals surface area contributed by atoms with Crippen LogP contribution in [0.4, 0.5) is 5.69 Å². The van der Waals surface area contributed by atoms with Crippen LogP contribution in [-0.4, -0.2) is 5.91 Å². The Labute approximate surface area is 111 Å². The maximum absolute atomic E-state index is 11.7. The molecule has 1 aromatic rings. The van der Waals surface area contributed by atoms with Crippen LogP contribution < -0.4 is 5.32 Å². The van der Waals surface area contributed by atoms with Crippen LogP contribution in [-0.2, 0) is 10.2 Å². The van der Waals surface area contributed by atoms with Crippen molar-refractivity contribution < 1.29 is 4.79 Å². The Morgan fingerprint density at radius 3 is 2.22 bits per heavy atom. The van der Waals surface area contributed by atoms with E-state index in [9.17, 15) is 4.79 Å². The van der Waals surface area contributed by atoms with Gasteiger partial charge in [-0.3, -0.25) is 4.79 Å². The molecule has 1 N–H and O–H groups in total. The molecule has 100 valence electrons. The number of hydrogen-bond acceptors (Lipinski definition) is 1. The van der Waals surface area contributed by atoms with Crippen LogP contribution in [0.3, 0.4) is 0 Å². The number of anilines is 1. The van der Waals surface area contributed by atoms with Crippen molar-refractivity contribution >= 4 is 11.6 Å². The van der Waals surface area contributed by atoms with Gasteiger partial charge in [0.15, 0.2) is 0 Å². The SMILES string of the molecule is CCCCCC(=O)Nc1ccc(C(C)(C)C)cc1. The highest BCUT2D eigenvalue weighted by molar-refractivity contribution is 5.90. The predicted molar refractivity (Wildman–Crippen MR) is 77.9 cm³/mol. The molecule has 0 aromatic heterocycles. The quantitative estimate of drug-likeness (QED) is 0.762. The molecule has 0 bridgehead atoms. The van der Waals surface area contributed by atoms with Gasteiger partial charge in [-0.15, -0.1) is 0 Å². The first-order valence-corrected chi connectivity index (χ1v) is 6.84. The Bertz CT molecular complexity index is 373. The van der Waals surface area contributed by atoms with Crippen molar-refractivity contribution in [2.45, 2.75) is 58.8 Å². The van der Waals surface area contributed by atoms with Gasteiger partial charge < -0.3 is 5.32 Å². The normalized spacial score (nSPS) is 11.3. The number of benzene rings is 1. The van der Waals surface area contributed by atoms with Crippen molar-refractivity contribution in [2.75, 3.05) is 5.32 Å². The van der Waals surface area contributed by atoms with Crippen molar-refractivity contribution in [2.24, 2.45) is 0 Å². The lowest BCUT2D eigenvalue weighted by molar-refractivity contribution is -0.116. The molecule has 0 aliphatic rings. The van der Waals surface area contributed by atoms with E-state index in [0.717, 1.165) is 24.9 Å². The summed E-state index contributed by atoms with van der Waals surface area (Å²) in [5, 5.41) is 2.94. The number of carbonyl (C=O) groups is 1. The van der Waals surface area contributed by atoms with E-state index in [0.29, 0.717) is 6.42 Å². The number of unbranched alkanes of at least 4 members (excludes halogenated alkanes) is 2. The van der Waals surface area contributed by atoms with Gasteiger partial charge in [0.1, 0.15) is 0 Å². The molecule has 1 rings (SSSR count). The fourth-order valence-corrected chi connectivity index (χ4v) is 1.81. The Morgan fingerprint density at radius 1 is 1.11 bits per heavy atom. The molecular formula is C16H25NO. The zero-order valence-electron chi connectivity index (χ0n) is 12.0. The number of rotatable bonds is 5. The lowest BCUT2D eigenvalue weighted by Crippen LogP contribution is -2.13. The third kappa shape index (κ3) is 4.91. The van der Waals surface area contributed by atoms with Crippen LogP contribution in [0.15, 0.2) is 24.3 Å². The molecule has 0 heterocycles. The Hall–Kier alpha value is -1.31. The molecule has 0 saturated heterocycles. The highest BCUT2D eigenvalue weighted by Crippen LogP contribution is 2.23. The average molecular weight is 247 g/mol. The Morgan fingerprint density at radius 2 is 1.72 bits per heavy atom. The molecule has 0 saturated carbocycles. The van der Waals surface area contributed by atoms with Gasteiger partial charge in [-0.1, -0.05) is 52.7 Å². The first-order chi connectivity index (χ1) is 8.43. The molecule has 2 heteroatoms. The molecule has 0 fully saturated rings. The summed E-state index contributed by atoms with van der Waals surface area (Å²) in [6, 6.07) is 8.14. The number of amides is 1. The molecule has 0 spiro atoms.